The fourth-order valence-electron chi connectivity index (χ4n) is 2.73. The lowest BCUT2D eigenvalue weighted by atomic mass is 10.1. The lowest BCUT2D eigenvalue weighted by Gasteiger charge is -2.34. The van der Waals surface area contributed by atoms with E-state index in [1.54, 1.807) is 4.90 Å². The second kappa shape index (κ2) is 6.29. The largest absolute Gasteiger partial charge is 0.383 e. The van der Waals surface area contributed by atoms with E-state index in [1.807, 2.05) is 0 Å². The number of amides is 3. The molecule has 2 rings (SSSR count). The van der Waals surface area contributed by atoms with Crippen LogP contribution in [-0.2, 0) is 19.6 Å². The Kier molecular flexibility index (Phi) is 4.84. The summed E-state index contributed by atoms with van der Waals surface area (Å²) in [5, 5.41) is 0. The summed E-state index contributed by atoms with van der Waals surface area (Å²) in [5.41, 5.74) is 0. The first kappa shape index (κ1) is 16.2. The van der Waals surface area contributed by atoms with Gasteiger partial charge in [-0.25, -0.2) is 17.5 Å². The fraction of sp³-hybridized carbons (Fsp3) is 0.833. The normalized spacial score (nSPS) is 22.4. The molecule has 0 unspecified atom stereocenters. The number of rotatable bonds is 5. The van der Waals surface area contributed by atoms with Crippen LogP contribution in [-0.4, -0.2) is 86.7 Å². The molecule has 0 aliphatic carbocycles. The molecule has 0 bridgehead atoms. The molecular weight excluding hydrogens is 298 g/mol. The van der Waals surface area contributed by atoms with Gasteiger partial charge in [-0.15, -0.1) is 0 Å². The number of hydrogen-bond acceptors (Lipinski definition) is 5. The Bertz CT molecular complexity index is 513. The molecular formula is C12H21N3O5S. The van der Waals surface area contributed by atoms with Crippen molar-refractivity contribution in [2.24, 2.45) is 0 Å². The Morgan fingerprint density at radius 3 is 2.38 bits per heavy atom. The molecule has 0 saturated carbocycles. The second-order valence-corrected chi connectivity index (χ2v) is 7.32. The third kappa shape index (κ3) is 3.53. The van der Waals surface area contributed by atoms with Crippen LogP contribution < -0.4 is 0 Å². The molecule has 2 saturated heterocycles. The zero-order valence-corrected chi connectivity index (χ0v) is 13.1. The molecule has 0 aromatic rings. The topological polar surface area (TPSA) is 87.2 Å². The van der Waals surface area contributed by atoms with E-state index in [4.69, 9.17) is 4.74 Å². The number of carbonyl (C=O) groups excluding carboxylic acids is 2. The first-order valence-electron chi connectivity index (χ1n) is 6.89. The summed E-state index contributed by atoms with van der Waals surface area (Å²) >= 11 is 0. The van der Waals surface area contributed by atoms with E-state index in [1.165, 1.54) is 22.6 Å². The van der Waals surface area contributed by atoms with Gasteiger partial charge in [0.2, 0.25) is 15.9 Å². The van der Waals surface area contributed by atoms with Crippen LogP contribution >= 0.6 is 0 Å². The van der Waals surface area contributed by atoms with Crippen LogP contribution in [0.5, 0.6) is 0 Å². The van der Waals surface area contributed by atoms with Gasteiger partial charge in [0.05, 0.1) is 19.4 Å². The van der Waals surface area contributed by atoms with E-state index < -0.39 is 10.0 Å². The van der Waals surface area contributed by atoms with Gasteiger partial charge in [-0.2, -0.15) is 0 Å². The summed E-state index contributed by atoms with van der Waals surface area (Å²) < 4.78 is 29.2. The van der Waals surface area contributed by atoms with Crippen molar-refractivity contribution in [3.63, 3.8) is 0 Å². The van der Waals surface area contributed by atoms with E-state index in [-0.39, 0.29) is 31.1 Å². The number of hydrogen-bond donors (Lipinski definition) is 0. The van der Waals surface area contributed by atoms with Crippen molar-refractivity contribution in [2.75, 3.05) is 46.2 Å². The number of urea groups is 1. The predicted octanol–water partition coefficient (Wildman–Crippen LogP) is -0.679. The maximum Gasteiger partial charge on any atom is 0.327 e. The third-order valence-electron chi connectivity index (χ3n) is 3.94. The van der Waals surface area contributed by atoms with Crippen molar-refractivity contribution in [1.29, 1.82) is 0 Å². The molecule has 2 heterocycles. The van der Waals surface area contributed by atoms with Crippen LogP contribution in [0, 0.1) is 0 Å². The lowest BCUT2D eigenvalue weighted by molar-refractivity contribution is -0.125. The molecule has 120 valence electrons. The van der Waals surface area contributed by atoms with Gasteiger partial charge in [0.25, 0.3) is 0 Å². The molecule has 0 N–H and O–H groups in total. The number of methoxy groups -OCH3 is 1. The number of nitrogens with zero attached hydrogens (tertiary/aromatic N) is 3. The second-order valence-electron chi connectivity index (χ2n) is 5.34. The standard InChI is InChI=1S/C12H21N3O5S/c1-20-8-7-14-11(16)9-15(12(14)17)10-3-5-13(6-4-10)21(2,18)19/h10H,3-9H2,1-2H3. The number of carbonyl (C=O) groups is 2. The molecule has 2 fully saturated rings. The molecule has 21 heavy (non-hydrogen) atoms. The van der Waals surface area contributed by atoms with Gasteiger partial charge in [-0.1, -0.05) is 0 Å². The summed E-state index contributed by atoms with van der Waals surface area (Å²) in [6.07, 6.45) is 2.30. The molecule has 0 atom stereocenters. The van der Waals surface area contributed by atoms with E-state index >= 15 is 0 Å². The Labute approximate surface area is 124 Å². The van der Waals surface area contributed by atoms with Crippen LogP contribution in [0.15, 0.2) is 0 Å². The minimum absolute atomic E-state index is 0.0755. The highest BCUT2D eigenvalue weighted by atomic mass is 32.2. The van der Waals surface area contributed by atoms with Crippen molar-refractivity contribution < 1.29 is 22.7 Å². The smallest absolute Gasteiger partial charge is 0.327 e. The Hall–Kier alpha value is -1.19. The number of imide groups is 1. The number of ether oxygens (including phenoxy) is 1. The SMILES string of the molecule is COCCN1C(=O)CN(C2CCN(S(C)(=O)=O)CC2)C1=O. The van der Waals surface area contributed by atoms with Crippen LogP contribution in [0.4, 0.5) is 4.79 Å². The van der Waals surface area contributed by atoms with Gasteiger partial charge < -0.3 is 9.64 Å². The molecule has 0 radical (unpaired) electrons. The van der Waals surface area contributed by atoms with Crippen LogP contribution in [0.25, 0.3) is 0 Å². The summed E-state index contributed by atoms with van der Waals surface area (Å²) in [6, 6.07) is -0.373. The van der Waals surface area contributed by atoms with Crippen molar-refractivity contribution in [3.8, 4) is 0 Å². The van der Waals surface area contributed by atoms with Crippen molar-refractivity contribution in [1.82, 2.24) is 14.1 Å². The lowest BCUT2D eigenvalue weighted by Crippen LogP contribution is -2.47. The quantitative estimate of drug-likeness (QED) is 0.627. The molecule has 0 aromatic heterocycles. The minimum Gasteiger partial charge on any atom is -0.383 e. The Balaban J connectivity index is 1.95. The van der Waals surface area contributed by atoms with Gasteiger partial charge in [-0.05, 0) is 12.8 Å². The maximum absolute atomic E-state index is 12.2. The third-order valence-corrected chi connectivity index (χ3v) is 5.24. The first-order chi connectivity index (χ1) is 9.84. The van der Waals surface area contributed by atoms with Gasteiger partial charge in [-0.3, -0.25) is 9.69 Å². The van der Waals surface area contributed by atoms with Crippen LogP contribution in [0.2, 0.25) is 0 Å². The summed E-state index contributed by atoms with van der Waals surface area (Å²) in [4.78, 5) is 26.9. The summed E-state index contributed by atoms with van der Waals surface area (Å²) in [5.74, 6) is -0.220. The molecule has 2 aliphatic rings. The van der Waals surface area contributed by atoms with Gasteiger partial charge in [0.15, 0.2) is 0 Å². The van der Waals surface area contributed by atoms with Crippen LogP contribution in [0.1, 0.15) is 12.8 Å². The Morgan fingerprint density at radius 1 is 1.24 bits per heavy atom. The molecule has 3 amide bonds. The molecule has 8 nitrogen and oxygen atoms in total. The van der Waals surface area contributed by atoms with Gasteiger partial charge >= 0.3 is 6.03 Å². The first-order valence-corrected chi connectivity index (χ1v) is 8.74. The summed E-state index contributed by atoms with van der Waals surface area (Å²) in [7, 11) is -1.67. The number of piperidine rings is 1. The minimum atomic E-state index is -3.18. The molecule has 9 heteroatoms. The van der Waals surface area contributed by atoms with Crippen LogP contribution in [0.3, 0.4) is 0 Å². The highest BCUT2D eigenvalue weighted by Gasteiger charge is 2.40. The zero-order chi connectivity index (χ0) is 15.6. The molecule has 0 spiro atoms. The van der Waals surface area contributed by atoms with E-state index in [0.717, 1.165) is 0 Å². The average Bonchev–Trinajstić information content (AvgIpc) is 2.71. The zero-order valence-electron chi connectivity index (χ0n) is 12.3. The molecule has 2 aliphatic heterocycles. The average molecular weight is 319 g/mol. The van der Waals surface area contributed by atoms with Crippen molar-refractivity contribution in [3.05, 3.63) is 0 Å². The van der Waals surface area contributed by atoms with Gasteiger partial charge in [0, 0.05) is 26.2 Å². The Morgan fingerprint density at radius 2 is 1.86 bits per heavy atom. The predicted molar refractivity (Wildman–Crippen MR) is 75.1 cm³/mol. The fourth-order valence-corrected chi connectivity index (χ4v) is 3.61. The van der Waals surface area contributed by atoms with E-state index in [2.05, 4.69) is 0 Å². The monoisotopic (exact) mass is 319 g/mol. The number of sulfonamides is 1. The van der Waals surface area contributed by atoms with E-state index in [9.17, 15) is 18.0 Å². The van der Waals surface area contributed by atoms with Crippen molar-refractivity contribution >= 4 is 22.0 Å². The maximum atomic E-state index is 12.2. The van der Waals surface area contributed by atoms with Crippen molar-refractivity contribution in [2.45, 2.75) is 18.9 Å². The highest BCUT2D eigenvalue weighted by molar-refractivity contribution is 7.88. The molecule has 0 aromatic carbocycles. The summed E-state index contributed by atoms with van der Waals surface area (Å²) in [6.45, 7) is 1.43. The van der Waals surface area contributed by atoms with E-state index in [0.29, 0.717) is 32.5 Å². The highest BCUT2D eigenvalue weighted by Crippen LogP contribution is 2.22. The van der Waals surface area contributed by atoms with Gasteiger partial charge in [0.1, 0.15) is 6.54 Å².